The fraction of sp³-hybridized carbons (Fsp3) is 0.615. The Kier molecular flexibility index (Phi) is 12.9. The number of nitrogens with two attached hydrogens (primary N) is 1. The highest BCUT2D eigenvalue weighted by atomic mass is 16.5. The molecular weight excluding hydrogens is 434 g/mol. The van der Waals surface area contributed by atoms with Crippen LogP contribution in [0.3, 0.4) is 0 Å². The van der Waals surface area contributed by atoms with Gasteiger partial charge in [0.2, 0.25) is 5.91 Å². The van der Waals surface area contributed by atoms with E-state index in [4.69, 9.17) is 10.5 Å². The van der Waals surface area contributed by atoms with Crippen molar-refractivity contribution in [1.82, 2.24) is 10.6 Å². The van der Waals surface area contributed by atoms with Gasteiger partial charge in [0.25, 0.3) is 0 Å². The molecule has 4 N–H and O–H groups in total. The second kappa shape index (κ2) is 15.1. The lowest BCUT2D eigenvalue weighted by Gasteiger charge is -2.25. The fourth-order valence-electron chi connectivity index (χ4n) is 3.64. The van der Waals surface area contributed by atoms with Crippen molar-refractivity contribution in [3.8, 4) is 0 Å². The number of nitrogens with one attached hydrogen (secondary N) is 2. The summed E-state index contributed by atoms with van der Waals surface area (Å²) in [6, 6.07) is 6.04. The van der Waals surface area contributed by atoms with E-state index in [0.29, 0.717) is 31.7 Å². The van der Waals surface area contributed by atoms with Crippen molar-refractivity contribution in [3.05, 3.63) is 35.4 Å². The molecule has 0 aliphatic rings. The van der Waals surface area contributed by atoms with Crippen LogP contribution in [0.25, 0.3) is 0 Å². The summed E-state index contributed by atoms with van der Waals surface area (Å²) in [5.41, 5.74) is 6.77. The predicted octanol–water partition coefficient (Wildman–Crippen LogP) is 3.50. The molecule has 0 aromatic heterocycles. The van der Waals surface area contributed by atoms with Gasteiger partial charge in [0.05, 0.1) is 6.04 Å². The maximum Gasteiger partial charge on any atom is 0.312 e. The average molecular weight is 476 g/mol. The first kappa shape index (κ1) is 29.1. The second-order valence-corrected chi connectivity index (χ2v) is 9.45. The van der Waals surface area contributed by atoms with Crippen LogP contribution in [0.4, 0.5) is 4.79 Å². The number of rotatable bonds is 15. The largest absolute Gasteiger partial charge is 0.461 e. The van der Waals surface area contributed by atoms with Crippen molar-refractivity contribution in [3.63, 3.8) is 0 Å². The Labute approximate surface area is 203 Å². The zero-order valence-electron chi connectivity index (χ0n) is 21.2. The van der Waals surface area contributed by atoms with Gasteiger partial charge in [-0.25, -0.2) is 4.79 Å². The third-order valence-electron chi connectivity index (χ3n) is 5.63. The van der Waals surface area contributed by atoms with Gasteiger partial charge in [-0.15, -0.1) is 0 Å². The van der Waals surface area contributed by atoms with E-state index in [1.807, 2.05) is 38.1 Å². The van der Waals surface area contributed by atoms with E-state index >= 15 is 0 Å². The number of primary amides is 1. The highest BCUT2D eigenvalue weighted by Crippen LogP contribution is 2.21. The number of hydrogen-bond donors (Lipinski definition) is 3. The second-order valence-electron chi connectivity index (χ2n) is 9.45. The minimum Gasteiger partial charge on any atom is -0.461 e. The van der Waals surface area contributed by atoms with E-state index < -0.39 is 12.1 Å². The highest BCUT2D eigenvalue weighted by molar-refractivity contribution is 5.91. The summed E-state index contributed by atoms with van der Waals surface area (Å²) >= 11 is 0. The van der Waals surface area contributed by atoms with E-state index in [1.54, 1.807) is 6.92 Å². The van der Waals surface area contributed by atoms with Gasteiger partial charge in [0, 0.05) is 25.3 Å². The van der Waals surface area contributed by atoms with Crippen LogP contribution in [0.5, 0.6) is 0 Å². The van der Waals surface area contributed by atoms with E-state index in [9.17, 15) is 19.2 Å². The number of hydrogen-bond acceptors (Lipinski definition) is 5. The van der Waals surface area contributed by atoms with Gasteiger partial charge in [0.15, 0.2) is 5.78 Å². The molecule has 0 aliphatic heterocycles. The summed E-state index contributed by atoms with van der Waals surface area (Å²) in [5.74, 6) is -0.126. The number of ether oxygens (including phenoxy) is 1. The minimum absolute atomic E-state index is 0.0929. The monoisotopic (exact) mass is 475 g/mol. The SMILES string of the molecule is CCC(=O)OCc1ccc(CC(=O)[C@H](CCCNC(N)=O)NC(=O)[C@@H](CC(C)C)C(C)C)cc1. The molecule has 0 unspecified atom stereocenters. The van der Waals surface area contributed by atoms with Crippen molar-refractivity contribution in [2.45, 2.75) is 79.4 Å². The van der Waals surface area contributed by atoms with Crippen molar-refractivity contribution < 1.29 is 23.9 Å². The molecule has 34 heavy (non-hydrogen) atoms. The van der Waals surface area contributed by atoms with E-state index in [1.165, 1.54) is 0 Å². The Bertz CT molecular complexity index is 805. The first-order valence-corrected chi connectivity index (χ1v) is 12.1. The van der Waals surface area contributed by atoms with Crippen LogP contribution >= 0.6 is 0 Å². The van der Waals surface area contributed by atoms with Crippen LogP contribution in [0.15, 0.2) is 24.3 Å². The maximum atomic E-state index is 13.1. The van der Waals surface area contributed by atoms with Crippen LogP contribution in [-0.2, 0) is 32.1 Å². The lowest BCUT2D eigenvalue weighted by molar-refractivity contribution is -0.144. The Hall–Kier alpha value is -2.90. The minimum atomic E-state index is -0.652. The summed E-state index contributed by atoms with van der Waals surface area (Å²) in [6.07, 6.45) is 2.15. The number of urea groups is 1. The van der Waals surface area contributed by atoms with Gasteiger partial charge in [-0.05, 0) is 42.2 Å². The molecular formula is C26H41N3O5. The number of ketones is 1. The smallest absolute Gasteiger partial charge is 0.312 e. The Morgan fingerprint density at radius 1 is 1.00 bits per heavy atom. The third-order valence-corrected chi connectivity index (χ3v) is 5.63. The first-order chi connectivity index (χ1) is 16.0. The number of amides is 3. The van der Waals surface area contributed by atoms with Crippen molar-refractivity contribution >= 4 is 23.7 Å². The molecule has 0 saturated carbocycles. The van der Waals surface area contributed by atoms with Crippen LogP contribution in [0, 0.1) is 17.8 Å². The zero-order valence-corrected chi connectivity index (χ0v) is 21.2. The number of esters is 1. The molecule has 1 rings (SSSR count). The quantitative estimate of drug-likeness (QED) is 0.264. The fourth-order valence-corrected chi connectivity index (χ4v) is 3.64. The summed E-state index contributed by atoms with van der Waals surface area (Å²) in [6.45, 7) is 10.4. The third kappa shape index (κ3) is 11.3. The molecule has 8 nitrogen and oxygen atoms in total. The van der Waals surface area contributed by atoms with Crippen LogP contribution in [-0.4, -0.2) is 36.3 Å². The van der Waals surface area contributed by atoms with Gasteiger partial charge >= 0.3 is 12.0 Å². The van der Waals surface area contributed by atoms with Crippen molar-refractivity contribution in [1.29, 1.82) is 0 Å². The standard InChI is InChI=1S/C26H41N3O5/c1-6-24(31)34-16-20-11-9-19(10-12-20)15-23(30)22(8-7-13-28-26(27)33)29-25(32)21(18(4)5)14-17(2)3/h9-12,17-18,21-22H,6-8,13-16H2,1-5H3,(H,29,32)(H3,27,28,33)/t21-,22-/m0/s1. The number of benzene rings is 1. The summed E-state index contributed by atoms with van der Waals surface area (Å²) in [7, 11) is 0. The molecule has 0 saturated heterocycles. The molecule has 8 heteroatoms. The van der Waals surface area contributed by atoms with Crippen LogP contribution in [0.1, 0.15) is 71.4 Å². The molecule has 0 heterocycles. The topological polar surface area (TPSA) is 128 Å². The molecule has 190 valence electrons. The normalized spacial score (nSPS) is 12.8. The summed E-state index contributed by atoms with van der Waals surface area (Å²) in [5, 5.41) is 5.49. The average Bonchev–Trinajstić information content (AvgIpc) is 2.77. The number of carbonyl (C=O) groups is 4. The van der Waals surface area contributed by atoms with Gasteiger partial charge in [-0.1, -0.05) is 58.9 Å². The Balaban J connectivity index is 2.85. The Morgan fingerprint density at radius 2 is 1.62 bits per heavy atom. The van der Waals surface area contributed by atoms with Gasteiger partial charge in [0.1, 0.15) is 6.61 Å². The van der Waals surface area contributed by atoms with Crippen molar-refractivity contribution in [2.24, 2.45) is 23.5 Å². The molecule has 0 bridgehead atoms. The predicted molar refractivity (Wildman–Crippen MR) is 132 cm³/mol. The molecule has 2 atom stereocenters. The van der Waals surface area contributed by atoms with Crippen molar-refractivity contribution in [2.75, 3.05) is 6.54 Å². The van der Waals surface area contributed by atoms with E-state index in [0.717, 1.165) is 17.5 Å². The molecule has 1 aromatic rings. The summed E-state index contributed by atoms with van der Waals surface area (Å²) < 4.78 is 5.13. The molecule has 1 aromatic carbocycles. The maximum absolute atomic E-state index is 13.1. The van der Waals surface area contributed by atoms with Gasteiger partial charge in [-0.3, -0.25) is 14.4 Å². The lowest BCUT2D eigenvalue weighted by Crippen LogP contribution is -2.46. The van der Waals surface area contributed by atoms with E-state index in [2.05, 4.69) is 24.5 Å². The Morgan fingerprint density at radius 3 is 2.15 bits per heavy atom. The lowest BCUT2D eigenvalue weighted by atomic mass is 9.86. The highest BCUT2D eigenvalue weighted by Gasteiger charge is 2.28. The number of carbonyl (C=O) groups excluding carboxylic acids is 4. The van der Waals surface area contributed by atoms with Gasteiger partial charge < -0.3 is 21.1 Å². The number of Topliss-reactive ketones (excluding diaryl/α,β-unsaturated/α-hetero) is 1. The molecule has 0 aliphatic carbocycles. The van der Waals surface area contributed by atoms with Crippen LogP contribution in [0.2, 0.25) is 0 Å². The first-order valence-electron chi connectivity index (χ1n) is 12.1. The van der Waals surface area contributed by atoms with Gasteiger partial charge in [-0.2, -0.15) is 0 Å². The molecule has 0 spiro atoms. The molecule has 0 fully saturated rings. The van der Waals surface area contributed by atoms with Crippen LogP contribution < -0.4 is 16.4 Å². The molecule has 3 amide bonds. The molecule has 0 radical (unpaired) electrons. The van der Waals surface area contributed by atoms with E-state index in [-0.39, 0.29) is 42.5 Å². The summed E-state index contributed by atoms with van der Waals surface area (Å²) in [4.78, 5) is 48.4. The zero-order chi connectivity index (χ0) is 25.7.